The summed E-state index contributed by atoms with van der Waals surface area (Å²) in [7, 11) is 0. The van der Waals surface area contributed by atoms with Crippen LogP contribution < -0.4 is 5.73 Å². The summed E-state index contributed by atoms with van der Waals surface area (Å²) in [6.07, 6.45) is 1.72. The molecule has 1 aliphatic carbocycles. The Labute approximate surface area is 118 Å². The second-order valence-corrected chi connectivity index (χ2v) is 5.36. The Morgan fingerprint density at radius 3 is 2.32 bits per heavy atom. The van der Waals surface area contributed by atoms with Gasteiger partial charge in [-0.05, 0) is 12.3 Å². The Morgan fingerprint density at radius 1 is 1.21 bits per heavy atom. The molecule has 1 saturated carbocycles. The van der Waals surface area contributed by atoms with Crippen molar-refractivity contribution in [2.24, 2.45) is 11.7 Å². The van der Waals surface area contributed by atoms with Gasteiger partial charge in [-0.1, -0.05) is 32.1 Å². The molecule has 1 unspecified atom stereocenters. The Bertz CT molecular complexity index is 265. The van der Waals surface area contributed by atoms with E-state index in [0.717, 1.165) is 19.3 Å². The summed E-state index contributed by atoms with van der Waals surface area (Å²) in [4.78, 5) is 11.5. The van der Waals surface area contributed by atoms with Crippen molar-refractivity contribution in [3.8, 4) is 0 Å². The average Bonchev–Trinajstić information content (AvgIpc) is 2.25. The molecule has 0 aliphatic heterocycles. The smallest absolute Gasteiger partial charge is 0.327 e. The molecule has 114 valence electrons. The Morgan fingerprint density at radius 2 is 1.79 bits per heavy atom. The number of rotatable bonds is 6. The van der Waals surface area contributed by atoms with Crippen molar-refractivity contribution < 1.29 is 18.0 Å². The molecule has 0 spiro atoms. The van der Waals surface area contributed by atoms with E-state index in [1.54, 1.807) is 0 Å². The highest BCUT2D eigenvalue weighted by Crippen LogP contribution is 2.28. The van der Waals surface area contributed by atoms with Gasteiger partial charge < -0.3 is 5.73 Å². The minimum atomic E-state index is -4.27. The van der Waals surface area contributed by atoms with Gasteiger partial charge in [0.2, 0.25) is 0 Å². The number of alkyl halides is 3. The molecular formula is C13H23ClF3NO. The fraction of sp³-hybridized carbons (Fsp3) is 0.923. The highest BCUT2D eigenvalue weighted by Gasteiger charge is 2.31. The minimum Gasteiger partial charge on any atom is -0.327 e. The lowest BCUT2D eigenvalue weighted by molar-refractivity contribution is -0.139. The topological polar surface area (TPSA) is 43.1 Å². The highest BCUT2D eigenvalue weighted by atomic mass is 35.5. The third-order valence-corrected chi connectivity index (χ3v) is 3.54. The van der Waals surface area contributed by atoms with Crippen LogP contribution in [0.15, 0.2) is 0 Å². The third-order valence-electron chi connectivity index (χ3n) is 3.54. The summed E-state index contributed by atoms with van der Waals surface area (Å²) in [6, 6.07) is -1.08. The van der Waals surface area contributed by atoms with E-state index in [-0.39, 0.29) is 24.6 Å². The zero-order chi connectivity index (χ0) is 13.6. The van der Waals surface area contributed by atoms with Gasteiger partial charge in [0.05, 0.1) is 6.42 Å². The van der Waals surface area contributed by atoms with Crippen molar-refractivity contribution in [3.05, 3.63) is 0 Å². The van der Waals surface area contributed by atoms with Crippen molar-refractivity contribution in [3.63, 3.8) is 0 Å². The fourth-order valence-electron chi connectivity index (χ4n) is 2.60. The first-order valence-electron chi connectivity index (χ1n) is 6.71. The van der Waals surface area contributed by atoms with E-state index in [2.05, 4.69) is 0 Å². The van der Waals surface area contributed by atoms with Gasteiger partial charge in [-0.25, -0.2) is 0 Å². The van der Waals surface area contributed by atoms with Crippen molar-refractivity contribution >= 4 is 18.2 Å². The maximum Gasteiger partial charge on any atom is 0.390 e. The maximum atomic E-state index is 12.0. The Kier molecular flexibility index (Phi) is 8.66. The molecule has 0 aromatic carbocycles. The molecule has 0 aromatic rings. The first-order valence-corrected chi connectivity index (χ1v) is 6.71. The van der Waals surface area contributed by atoms with Gasteiger partial charge in [0.15, 0.2) is 0 Å². The molecule has 0 amide bonds. The molecule has 2 nitrogen and oxygen atoms in total. The normalized spacial score (nSPS) is 18.7. The second kappa shape index (κ2) is 8.80. The van der Waals surface area contributed by atoms with Gasteiger partial charge in [0.1, 0.15) is 5.78 Å². The van der Waals surface area contributed by atoms with Gasteiger partial charge in [-0.15, -0.1) is 12.4 Å². The number of hydrogen-bond acceptors (Lipinski definition) is 2. The quantitative estimate of drug-likeness (QED) is 0.805. The SMILES string of the molecule is Cl.NC(CC(=O)CCC1CCCCC1)CC(F)(F)F. The summed E-state index contributed by atoms with van der Waals surface area (Å²) < 4.78 is 36.1. The van der Waals surface area contributed by atoms with Crippen LogP contribution in [0.4, 0.5) is 13.2 Å². The van der Waals surface area contributed by atoms with E-state index in [0.29, 0.717) is 12.3 Å². The van der Waals surface area contributed by atoms with Crippen LogP contribution >= 0.6 is 12.4 Å². The number of nitrogens with two attached hydrogens (primary N) is 1. The van der Waals surface area contributed by atoms with Crippen LogP contribution in [0.5, 0.6) is 0 Å². The van der Waals surface area contributed by atoms with Crippen LogP contribution in [0.1, 0.15) is 57.8 Å². The van der Waals surface area contributed by atoms with Gasteiger partial charge >= 0.3 is 6.18 Å². The third kappa shape index (κ3) is 9.27. The van der Waals surface area contributed by atoms with Crippen LogP contribution in [0, 0.1) is 5.92 Å². The molecule has 1 fully saturated rings. The first-order chi connectivity index (χ1) is 8.37. The predicted molar refractivity (Wildman–Crippen MR) is 71.3 cm³/mol. The van der Waals surface area contributed by atoms with Crippen LogP contribution in [0.25, 0.3) is 0 Å². The van der Waals surface area contributed by atoms with Gasteiger partial charge in [0.25, 0.3) is 0 Å². The lowest BCUT2D eigenvalue weighted by Crippen LogP contribution is -2.30. The summed E-state index contributed by atoms with van der Waals surface area (Å²) in [5.41, 5.74) is 5.33. The van der Waals surface area contributed by atoms with Gasteiger partial charge in [-0.2, -0.15) is 13.2 Å². The molecular weight excluding hydrogens is 279 g/mol. The number of Topliss-reactive ketones (excluding diaryl/α,β-unsaturated/α-hetero) is 1. The predicted octanol–water partition coefficient (Wildman–Crippen LogP) is 4.01. The standard InChI is InChI=1S/C13H22F3NO.ClH/c14-13(15,16)9-11(17)8-12(18)7-6-10-4-2-1-3-5-10;/h10-11H,1-9,17H2;1H. The number of carbonyl (C=O) groups is 1. The number of halogens is 4. The van der Waals surface area contributed by atoms with E-state index in [4.69, 9.17) is 5.73 Å². The first kappa shape index (κ1) is 18.7. The van der Waals surface area contributed by atoms with Gasteiger partial charge in [0, 0.05) is 18.9 Å². The molecule has 0 saturated heterocycles. The minimum absolute atomic E-state index is 0. The molecule has 1 rings (SSSR count). The fourth-order valence-corrected chi connectivity index (χ4v) is 2.60. The average molecular weight is 302 g/mol. The summed E-state index contributed by atoms with van der Waals surface area (Å²) in [6.45, 7) is 0. The van der Waals surface area contributed by atoms with Crippen molar-refractivity contribution in [2.75, 3.05) is 0 Å². The van der Waals surface area contributed by atoms with Crippen molar-refractivity contribution in [1.82, 2.24) is 0 Å². The molecule has 19 heavy (non-hydrogen) atoms. The molecule has 6 heteroatoms. The number of ketones is 1. The van der Waals surface area contributed by atoms with Crippen LogP contribution in [0.3, 0.4) is 0 Å². The largest absolute Gasteiger partial charge is 0.390 e. The Balaban J connectivity index is 0.00000324. The van der Waals surface area contributed by atoms with Gasteiger partial charge in [-0.3, -0.25) is 4.79 Å². The number of hydrogen-bond donors (Lipinski definition) is 1. The molecule has 2 N–H and O–H groups in total. The van der Waals surface area contributed by atoms with Crippen LogP contribution in [-0.2, 0) is 4.79 Å². The second-order valence-electron chi connectivity index (χ2n) is 5.36. The highest BCUT2D eigenvalue weighted by molar-refractivity contribution is 5.85. The van der Waals surface area contributed by atoms with Crippen molar-refractivity contribution in [1.29, 1.82) is 0 Å². The van der Waals surface area contributed by atoms with Crippen LogP contribution in [-0.4, -0.2) is 18.0 Å². The van der Waals surface area contributed by atoms with E-state index in [1.807, 2.05) is 0 Å². The van der Waals surface area contributed by atoms with E-state index in [1.165, 1.54) is 19.3 Å². The molecule has 1 atom stereocenters. The molecule has 0 aromatic heterocycles. The molecule has 0 heterocycles. The summed E-state index contributed by atoms with van der Waals surface area (Å²) in [5, 5.41) is 0. The van der Waals surface area contributed by atoms with E-state index >= 15 is 0 Å². The summed E-state index contributed by atoms with van der Waals surface area (Å²) in [5.74, 6) is 0.457. The summed E-state index contributed by atoms with van der Waals surface area (Å²) >= 11 is 0. The molecule has 0 bridgehead atoms. The molecule has 1 aliphatic rings. The lowest BCUT2D eigenvalue weighted by atomic mass is 9.85. The zero-order valence-corrected chi connectivity index (χ0v) is 11.9. The number of carbonyl (C=O) groups excluding carboxylic acids is 1. The monoisotopic (exact) mass is 301 g/mol. The zero-order valence-electron chi connectivity index (χ0n) is 11.0. The maximum absolute atomic E-state index is 12.0. The van der Waals surface area contributed by atoms with Crippen molar-refractivity contribution in [2.45, 2.75) is 70.0 Å². The van der Waals surface area contributed by atoms with E-state index in [9.17, 15) is 18.0 Å². The van der Waals surface area contributed by atoms with Crippen LogP contribution in [0.2, 0.25) is 0 Å². The Hall–Kier alpha value is -0.290. The molecule has 0 radical (unpaired) electrons. The van der Waals surface area contributed by atoms with E-state index < -0.39 is 18.6 Å². The lowest BCUT2D eigenvalue weighted by Gasteiger charge is -2.21.